The van der Waals surface area contributed by atoms with Crippen LogP contribution in [0.2, 0.25) is 0 Å². The fraction of sp³-hybridized carbons (Fsp3) is 1.00. The summed E-state index contributed by atoms with van der Waals surface area (Å²) in [5.41, 5.74) is 0. The zero-order valence-electron chi connectivity index (χ0n) is 10.9. The first-order chi connectivity index (χ1) is 7.15. The summed E-state index contributed by atoms with van der Waals surface area (Å²) in [6.07, 6.45) is 5.39. The topological polar surface area (TPSA) is 12.0 Å². The second-order valence-corrected chi connectivity index (χ2v) is 5.39. The molecule has 0 bridgehead atoms. The number of rotatable bonds is 9. The van der Waals surface area contributed by atoms with Crippen LogP contribution in [0.4, 0.5) is 0 Å². The highest BCUT2D eigenvalue weighted by molar-refractivity contribution is 9.09. The molecule has 1 N–H and O–H groups in total. The second kappa shape index (κ2) is 9.65. The van der Waals surface area contributed by atoms with E-state index in [4.69, 9.17) is 0 Å². The van der Waals surface area contributed by atoms with Crippen LogP contribution in [0.3, 0.4) is 0 Å². The molecule has 0 aliphatic heterocycles. The second-order valence-electron chi connectivity index (χ2n) is 4.75. The number of hydrogen-bond donors (Lipinski definition) is 1. The van der Waals surface area contributed by atoms with Gasteiger partial charge in [0.1, 0.15) is 0 Å². The van der Waals surface area contributed by atoms with Gasteiger partial charge in [-0.05, 0) is 31.7 Å². The normalized spacial score (nSPS) is 17.4. The van der Waals surface area contributed by atoms with Crippen molar-refractivity contribution in [1.82, 2.24) is 5.32 Å². The summed E-state index contributed by atoms with van der Waals surface area (Å²) < 4.78 is 0. The number of unbranched alkanes of at least 4 members (excludes halogenated alkanes) is 1. The van der Waals surface area contributed by atoms with E-state index in [1.54, 1.807) is 0 Å². The molecule has 2 heteroatoms. The van der Waals surface area contributed by atoms with E-state index < -0.39 is 0 Å². The van der Waals surface area contributed by atoms with Crippen molar-refractivity contribution in [2.75, 3.05) is 11.9 Å². The molecule has 0 aromatic carbocycles. The molecule has 0 aromatic rings. The molecular formula is C13H28BrN. The minimum Gasteiger partial charge on any atom is -0.314 e. The van der Waals surface area contributed by atoms with Gasteiger partial charge in [-0.2, -0.15) is 0 Å². The van der Waals surface area contributed by atoms with Gasteiger partial charge in [-0.1, -0.05) is 56.0 Å². The summed E-state index contributed by atoms with van der Waals surface area (Å²) in [6.45, 7) is 10.4. The van der Waals surface area contributed by atoms with Crippen molar-refractivity contribution >= 4 is 15.9 Å². The van der Waals surface area contributed by atoms with Crippen LogP contribution in [0.25, 0.3) is 0 Å². The van der Waals surface area contributed by atoms with Gasteiger partial charge in [-0.15, -0.1) is 0 Å². The standard InChI is InChI=1S/C13H28BrN/c1-5-7-8-13(6-2)10-15-12(4)11(3)9-14/h11-13,15H,5-10H2,1-4H3. The first-order valence-corrected chi connectivity index (χ1v) is 7.57. The number of halogens is 1. The predicted octanol–water partition coefficient (Wildman–Crippen LogP) is 4.21. The summed E-state index contributed by atoms with van der Waals surface area (Å²) in [6, 6.07) is 0.625. The highest BCUT2D eigenvalue weighted by Crippen LogP contribution is 2.13. The Balaban J connectivity index is 3.69. The Kier molecular flexibility index (Phi) is 9.93. The van der Waals surface area contributed by atoms with Gasteiger partial charge in [0.2, 0.25) is 0 Å². The maximum absolute atomic E-state index is 3.66. The van der Waals surface area contributed by atoms with Crippen LogP contribution in [0.1, 0.15) is 53.4 Å². The lowest BCUT2D eigenvalue weighted by molar-refractivity contribution is 0.360. The van der Waals surface area contributed by atoms with Crippen molar-refractivity contribution in [3.63, 3.8) is 0 Å². The lowest BCUT2D eigenvalue weighted by Crippen LogP contribution is -2.36. The van der Waals surface area contributed by atoms with Gasteiger partial charge in [-0.3, -0.25) is 0 Å². The predicted molar refractivity (Wildman–Crippen MR) is 73.7 cm³/mol. The molecule has 0 aromatic heterocycles. The van der Waals surface area contributed by atoms with Crippen LogP contribution < -0.4 is 5.32 Å². The molecule has 3 atom stereocenters. The molecule has 3 unspecified atom stereocenters. The number of nitrogens with one attached hydrogen (secondary N) is 1. The highest BCUT2D eigenvalue weighted by Gasteiger charge is 2.12. The Morgan fingerprint density at radius 1 is 1.20 bits per heavy atom. The van der Waals surface area contributed by atoms with Gasteiger partial charge < -0.3 is 5.32 Å². The van der Waals surface area contributed by atoms with E-state index in [1.165, 1.54) is 32.2 Å². The zero-order valence-corrected chi connectivity index (χ0v) is 12.4. The first kappa shape index (κ1) is 15.4. The molecule has 0 radical (unpaired) electrons. The molecule has 0 heterocycles. The van der Waals surface area contributed by atoms with Gasteiger partial charge in [0.15, 0.2) is 0 Å². The van der Waals surface area contributed by atoms with Crippen molar-refractivity contribution < 1.29 is 0 Å². The van der Waals surface area contributed by atoms with E-state index in [2.05, 4.69) is 48.9 Å². The quantitative estimate of drug-likeness (QED) is 0.623. The van der Waals surface area contributed by atoms with Gasteiger partial charge >= 0.3 is 0 Å². The maximum Gasteiger partial charge on any atom is 0.00724 e. The van der Waals surface area contributed by atoms with Crippen molar-refractivity contribution in [1.29, 1.82) is 0 Å². The van der Waals surface area contributed by atoms with Crippen molar-refractivity contribution in [2.24, 2.45) is 11.8 Å². The van der Waals surface area contributed by atoms with Crippen LogP contribution in [0.15, 0.2) is 0 Å². The zero-order chi connectivity index (χ0) is 11.7. The molecule has 0 rings (SSSR count). The van der Waals surface area contributed by atoms with Gasteiger partial charge in [0.05, 0.1) is 0 Å². The monoisotopic (exact) mass is 277 g/mol. The maximum atomic E-state index is 3.66. The largest absolute Gasteiger partial charge is 0.314 e. The highest BCUT2D eigenvalue weighted by atomic mass is 79.9. The van der Waals surface area contributed by atoms with Crippen molar-refractivity contribution in [3.8, 4) is 0 Å². The molecule has 0 saturated heterocycles. The Morgan fingerprint density at radius 3 is 2.33 bits per heavy atom. The molecule has 0 fully saturated rings. The number of hydrogen-bond acceptors (Lipinski definition) is 1. The van der Waals surface area contributed by atoms with E-state index in [0.717, 1.165) is 11.2 Å². The Labute approximate surface area is 105 Å². The summed E-state index contributed by atoms with van der Waals surface area (Å²) in [4.78, 5) is 0. The van der Waals surface area contributed by atoms with Crippen molar-refractivity contribution in [2.45, 2.75) is 59.4 Å². The van der Waals surface area contributed by atoms with Gasteiger partial charge in [-0.25, -0.2) is 0 Å². The average Bonchev–Trinajstić information content (AvgIpc) is 2.27. The lowest BCUT2D eigenvalue weighted by Gasteiger charge is -2.23. The van der Waals surface area contributed by atoms with Crippen LogP contribution in [0, 0.1) is 11.8 Å². The van der Waals surface area contributed by atoms with Gasteiger partial charge in [0, 0.05) is 11.4 Å². The molecule has 15 heavy (non-hydrogen) atoms. The summed E-state index contributed by atoms with van der Waals surface area (Å²) in [5.74, 6) is 1.59. The van der Waals surface area contributed by atoms with E-state index in [1.807, 2.05) is 0 Å². The minimum absolute atomic E-state index is 0.625. The molecular weight excluding hydrogens is 250 g/mol. The summed E-state index contributed by atoms with van der Waals surface area (Å²) in [7, 11) is 0. The Hall–Kier alpha value is 0.440. The fourth-order valence-electron chi connectivity index (χ4n) is 1.63. The SMILES string of the molecule is CCCCC(CC)CNC(C)C(C)CBr. The molecule has 0 saturated carbocycles. The Morgan fingerprint density at radius 2 is 1.87 bits per heavy atom. The Bertz CT molecular complexity index is 138. The summed E-state index contributed by atoms with van der Waals surface area (Å²) >= 11 is 3.54. The van der Waals surface area contributed by atoms with Crippen LogP contribution >= 0.6 is 15.9 Å². The van der Waals surface area contributed by atoms with Crippen LogP contribution in [-0.4, -0.2) is 17.9 Å². The fourth-order valence-corrected chi connectivity index (χ4v) is 2.19. The third-order valence-corrected chi connectivity index (χ3v) is 4.39. The molecule has 0 aliphatic carbocycles. The van der Waals surface area contributed by atoms with Gasteiger partial charge in [0.25, 0.3) is 0 Å². The molecule has 92 valence electrons. The minimum atomic E-state index is 0.625. The summed E-state index contributed by atoms with van der Waals surface area (Å²) in [5, 5.41) is 4.75. The van der Waals surface area contributed by atoms with E-state index in [9.17, 15) is 0 Å². The smallest absolute Gasteiger partial charge is 0.00724 e. The van der Waals surface area contributed by atoms with E-state index >= 15 is 0 Å². The van der Waals surface area contributed by atoms with Crippen LogP contribution in [-0.2, 0) is 0 Å². The molecule has 0 spiro atoms. The average molecular weight is 278 g/mol. The number of alkyl halides is 1. The third-order valence-electron chi connectivity index (χ3n) is 3.37. The van der Waals surface area contributed by atoms with E-state index in [0.29, 0.717) is 12.0 Å². The molecule has 1 nitrogen and oxygen atoms in total. The van der Waals surface area contributed by atoms with Crippen molar-refractivity contribution in [3.05, 3.63) is 0 Å². The third kappa shape index (κ3) is 7.35. The van der Waals surface area contributed by atoms with Crippen LogP contribution in [0.5, 0.6) is 0 Å². The molecule has 0 aliphatic rings. The van der Waals surface area contributed by atoms with E-state index in [-0.39, 0.29) is 0 Å². The lowest BCUT2D eigenvalue weighted by atomic mass is 9.98. The molecule has 0 amide bonds. The first-order valence-electron chi connectivity index (χ1n) is 6.44.